The Morgan fingerprint density at radius 2 is 1.71 bits per heavy atom. The van der Waals surface area contributed by atoms with Gasteiger partial charge < -0.3 is 4.74 Å². The molecule has 2 aromatic rings. The summed E-state index contributed by atoms with van der Waals surface area (Å²) < 4.78 is 5.77. The highest BCUT2D eigenvalue weighted by atomic mass is 35.5. The van der Waals surface area contributed by atoms with Crippen molar-refractivity contribution >= 4 is 17.4 Å². The van der Waals surface area contributed by atoms with Crippen LogP contribution in [0.2, 0.25) is 5.02 Å². The smallest absolute Gasteiger partial charge is 0.202 e. The minimum atomic E-state index is -0.534. The minimum absolute atomic E-state index is 0.0541. The third-order valence-electron chi connectivity index (χ3n) is 3.34. The van der Waals surface area contributed by atoms with Crippen molar-refractivity contribution in [1.82, 2.24) is 0 Å². The van der Waals surface area contributed by atoms with Gasteiger partial charge in [0.1, 0.15) is 5.75 Å². The van der Waals surface area contributed by atoms with Crippen molar-refractivity contribution in [3.8, 4) is 5.75 Å². The van der Waals surface area contributed by atoms with E-state index in [4.69, 9.17) is 16.3 Å². The van der Waals surface area contributed by atoms with Gasteiger partial charge in [0.05, 0.1) is 0 Å². The van der Waals surface area contributed by atoms with Crippen LogP contribution in [0.25, 0.3) is 0 Å². The average Bonchev–Trinajstić information content (AvgIpc) is 2.47. The zero-order valence-corrected chi connectivity index (χ0v) is 13.2. The summed E-state index contributed by atoms with van der Waals surface area (Å²) in [5, 5.41) is 0.616. The molecule has 2 nitrogen and oxygen atoms in total. The Labute approximate surface area is 130 Å². The number of halogens is 1. The second-order valence-corrected chi connectivity index (χ2v) is 5.79. The Morgan fingerprint density at radius 3 is 2.33 bits per heavy atom. The molecule has 0 aromatic heterocycles. The van der Waals surface area contributed by atoms with Gasteiger partial charge in [0.25, 0.3) is 0 Å². The average molecular weight is 303 g/mol. The van der Waals surface area contributed by atoms with Crippen molar-refractivity contribution in [2.24, 2.45) is 0 Å². The van der Waals surface area contributed by atoms with Crippen LogP contribution in [-0.2, 0) is 0 Å². The molecule has 0 saturated carbocycles. The lowest BCUT2D eigenvalue weighted by Crippen LogP contribution is -2.23. The summed E-state index contributed by atoms with van der Waals surface area (Å²) in [6, 6.07) is 14.7. The monoisotopic (exact) mass is 302 g/mol. The maximum atomic E-state index is 12.3. The predicted molar refractivity (Wildman–Crippen MR) is 86.4 cm³/mol. The van der Waals surface area contributed by atoms with Crippen LogP contribution in [0.1, 0.15) is 42.6 Å². The van der Waals surface area contributed by atoms with Crippen molar-refractivity contribution < 1.29 is 9.53 Å². The summed E-state index contributed by atoms with van der Waals surface area (Å²) in [5.74, 6) is 1.09. The van der Waals surface area contributed by atoms with Gasteiger partial charge in [0, 0.05) is 10.6 Å². The molecule has 0 aliphatic carbocycles. The van der Waals surface area contributed by atoms with E-state index in [0.717, 1.165) is 5.75 Å². The van der Waals surface area contributed by atoms with Gasteiger partial charge in [-0.25, -0.2) is 0 Å². The van der Waals surface area contributed by atoms with Gasteiger partial charge in [-0.1, -0.05) is 37.6 Å². The highest BCUT2D eigenvalue weighted by molar-refractivity contribution is 6.30. The molecule has 21 heavy (non-hydrogen) atoms. The zero-order valence-electron chi connectivity index (χ0n) is 12.5. The van der Waals surface area contributed by atoms with Gasteiger partial charge >= 0.3 is 0 Å². The normalized spacial score (nSPS) is 12.2. The summed E-state index contributed by atoms with van der Waals surface area (Å²) in [6.07, 6.45) is -0.534. The van der Waals surface area contributed by atoms with E-state index in [2.05, 4.69) is 19.9 Å². The van der Waals surface area contributed by atoms with E-state index in [1.54, 1.807) is 31.2 Å². The Bertz CT molecular complexity index is 617. The number of benzene rings is 2. The van der Waals surface area contributed by atoms with Crippen molar-refractivity contribution in [2.75, 3.05) is 0 Å². The highest BCUT2D eigenvalue weighted by Crippen LogP contribution is 2.22. The van der Waals surface area contributed by atoms with Crippen LogP contribution in [0, 0.1) is 0 Å². The largest absolute Gasteiger partial charge is 0.483 e. The molecule has 2 aromatic carbocycles. The number of carbonyl (C=O) groups is 1. The van der Waals surface area contributed by atoms with E-state index < -0.39 is 6.10 Å². The molecule has 0 fully saturated rings. The lowest BCUT2D eigenvalue weighted by atomic mass is 10.0. The number of ether oxygens (including phenoxy) is 1. The predicted octanol–water partition coefficient (Wildman–Crippen LogP) is 5.11. The van der Waals surface area contributed by atoms with Gasteiger partial charge in [-0.05, 0) is 54.8 Å². The Morgan fingerprint density at radius 1 is 1.05 bits per heavy atom. The van der Waals surface area contributed by atoms with Crippen LogP contribution in [0.15, 0.2) is 48.5 Å². The molecule has 3 heteroatoms. The van der Waals surface area contributed by atoms with E-state index in [9.17, 15) is 4.79 Å². The van der Waals surface area contributed by atoms with Crippen molar-refractivity contribution in [3.63, 3.8) is 0 Å². The molecule has 0 radical (unpaired) electrons. The lowest BCUT2D eigenvalue weighted by molar-refractivity contribution is 0.0818. The lowest BCUT2D eigenvalue weighted by Gasteiger charge is -2.15. The van der Waals surface area contributed by atoms with Crippen LogP contribution in [0.3, 0.4) is 0 Å². The first-order chi connectivity index (χ1) is 9.97. The molecule has 0 saturated heterocycles. The molecule has 0 bridgehead atoms. The third-order valence-corrected chi connectivity index (χ3v) is 3.59. The molecule has 110 valence electrons. The van der Waals surface area contributed by atoms with Gasteiger partial charge in [-0.15, -0.1) is 0 Å². The first-order valence-electron chi connectivity index (χ1n) is 7.04. The van der Waals surface area contributed by atoms with Crippen LogP contribution in [0.5, 0.6) is 5.75 Å². The zero-order chi connectivity index (χ0) is 15.4. The standard InChI is InChI=1S/C18H19ClO2/c1-12(2)15-5-4-6-17(11-15)21-13(3)18(20)14-7-9-16(19)10-8-14/h4-13H,1-3H3. The van der Waals surface area contributed by atoms with Crippen LogP contribution >= 0.6 is 11.6 Å². The summed E-state index contributed by atoms with van der Waals surface area (Å²) in [6.45, 7) is 6.02. The fraction of sp³-hybridized carbons (Fsp3) is 0.278. The SMILES string of the molecule is CC(Oc1cccc(C(C)C)c1)C(=O)c1ccc(Cl)cc1. The number of carbonyl (C=O) groups excluding carboxylic acids is 1. The van der Waals surface area contributed by atoms with Crippen LogP contribution in [0.4, 0.5) is 0 Å². The first kappa shape index (κ1) is 15.6. The van der Waals surface area contributed by atoms with Gasteiger partial charge in [0.15, 0.2) is 6.10 Å². The molecular formula is C18H19ClO2. The molecule has 0 heterocycles. The van der Waals surface area contributed by atoms with E-state index in [-0.39, 0.29) is 5.78 Å². The summed E-state index contributed by atoms with van der Waals surface area (Å²) in [7, 11) is 0. The molecule has 0 aliphatic rings. The molecule has 1 unspecified atom stereocenters. The maximum absolute atomic E-state index is 12.3. The maximum Gasteiger partial charge on any atom is 0.202 e. The first-order valence-corrected chi connectivity index (χ1v) is 7.41. The van der Waals surface area contributed by atoms with Crippen molar-refractivity contribution in [1.29, 1.82) is 0 Å². The molecule has 0 amide bonds. The fourth-order valence-electron chi connectivity index (χ4n) is 2.05. The highest BCUT2D eigenvalue weighted by Gasteiger charge is 2.17. The number of ketones is 1. The van der Waals surface area contributed by atoms with Gasteiger partial charge in [-0.2, -0.15) is 0 Å². The fourth-order valence-corrected chi connectivity index (χ4v) is 2.18. The Hall–Kier alpha value is -1.80. The van der Waals surface area contributed by atoms with Gasteiger partial charge in [0.2, 0.25) is 5.78 Å². The second-order valence-electron chi connectivity index (χ2n) is 5.36. The molecular weight excluding hydrogens is 284 g/mol. The summed E-state index contributed by atoms with van der Waals surface area (Å²) >= 11 is 5.83. The molecule has 0 spiro atoms. The van der Waals surface area contributed by atoms with Crippen LogP contribution in [-0.4, -0.2) is 11.9 Å². The van der Waals surface area contributed by atoms with E-state index in [1.807, 2.05) is 18.2 Å². The molecule has 0 N–H and O–H groups in total. The number of Topliss-reactive ketones (excluding diaryl/α,β-unsaturated/α-hetero) is 1. The molecule has 0 aliphatic heterocycles. The Kier molecular flexibility index (Phi) is 5.03. The van der Waals surface area contributed by atoms with E-state index in [0.29, 0.717) is 16.5 Å². The van der Waals surface area contributed by atoms with Crippen LogP contribution < -0.4 is 4.74 Å². The van der Waals surface area contributed by atoms with Crippen molar-refractivity contribution in [2.45, 2.75) is 32.8 Å². The van der Waals surface area contributed by atoms with E-state index in [1.165, 1.54) is 5.56 Å². The van der Waals surface area contributed by atoms with Gasteiger partial charge in [-0.3, -0.25) is 4.79 Å². The van der Waals surface area contributed by atoms with Crippen molar-refractivity contribution in [3.05, 3.63) is 64.7 Å². The molecule has 2 rings (SSSR count). The third kappa shape index (κ3) is 4.08. The number of hydrogen-bond acceptors (Lipinski definition) is 2. The topological polar surface area (TPSA) is 26.3 Å². The van der Waals surface area contributed by atoms with E-state index >= 15 is 0 Å². The molecule has 1 atom stereocenters. The quantitative estimate of drug-likeness (QED) is 0.717. The second kappa shape index (κ2) is 6.77. The number of rotatable bonds is 5. The summed E-state index contributed by atoms with van der Waals surface area (Å²) in [5.41, 5.74) is 1.80. The number of hydrogen-bond donors (Lipinski definition) is 0. The summed E-state index contributed by atoms with van der Waals surface area (Å²) in [4.78, 5) is 12.3. The Balaban J connectivity index is 2.10. The minimum Gasteiger partial charge on any atom is -0.483 e.